The van der Waals surface area contributed by atoms with Crippen LogP contribution in [0.3, 0.4) is 0 Å². The van der Waals surface area contributed by atoms with E-state index in [-0.39, 0.29) is 0 Å². The van der Waals surface area contributed by atoms with Crippen LogP contribution in [-0.4, -0.2) is 0 Å². The molecule has 3 heteroatoms. The molecule has 0 nitrogen and oxygen atoms in total. The first-order valence-electron chi connectivity index (χ1n) is 8.81. The topological polar surface area (TPSA) is 0 Å². The van der Waals surface area contributed by atoms with E-state index in [4.69, 9.17) is 11.6 Å². The van der Waals surface area contributed by atoms with Crippen LogP contribution in [0.2, 0.25) is 5.02 Å². The van der Waals surface area contributed by atoms with Gasteiger partial charge in [0, 0.05) is 45.4 Å². The molecule has 6 aromatic rings. The molecule has 2 aromatic heterocycles. The zero-order valence-corrected chi connectivity index (χ0v) is 16.6. The Kier molecular flexibility index (Phi) is 3.36. The summed E-state index contributed by atoms with van der Waals surface area (Å²) in [6.45, 7) is 0. The molecule has 0 saturated carbocycles. The van der Waals surface area contributed by atoms with Crippen LogP contribution in [-0.2, 0) is 0 Å². The van der Waals surface area contributed by atoms with Crippen molar-refractivity contribution < 1.29 is 0 Å². The van der Waals surface area contributed by atoms with Gasteiger partial charge in [0.1, 0.15) is 0 Å². The standard InChI is InChI=1S/C24H13ClS2/c25-15-6-3-5-14(13-15)16-8-4-9-17-18-11-12-21-22(24(18)27-23(16)17)19-7-1-2-10-20(19)26-21/h1-13H. The zero-order valence-electron chi connectivity index (χ0n) is 14.2. The summed E-state index contributed by atoms with van der Waals surface area (Å²) < 4.78 is 5.43. The molecule has 0 saturated heterocycles. The Morgan fingerprint density at radius 2 is 1.41 bits per heavy atom. The lowest BCUT2D eigenvalue weighted by Gasteiger charge is -2.04. The molecule has 27 heavy (non-hydrogen) atoms. The lowest BCUT2D eigenvalue weighted by atomic mass is 10.0. The van der Waals surface area contributed by atoms with Gasteiger partial charge in [-0.15, -0.1) is 22.7 Å². The first-order chi connectivity index (χ1) is 13.3. The Morgan fingerprint density at radius 3 is 2.33 bits per heavy atom. The molecule has 0 unspecified atom stereocenters. The Morgan fingerprint density at radius 1 is 0.593 bits per heavy atom. The van der Waals surface area contributed by atoms with E-state index >= 15 is 0 Å². The summed E-state index contributed by atoms with van der Waals surface area (Å²) in [4.78, 5) is 0. The lowest BCUT2D eigenvalue weighted by Crippen LogP contribution is -1.77. The van der Waals surface area contributed by atoms with Crippen molar-refractivity contribution >= 4 is 74.6 Å². The van der Waals surface area contributed by atoms with Gasteiger partial charge in [0.2, 0.25) is 0 Å². The van der Waals surface area contributed by atoms with E-state index in [0.29, 0.717) is 0 Å². The largest absolute Gasteiger partial charge is 0.135 e. The monoisotopic (exact) mass is 400 g/mol. The first kappa shape index (κ1) is 15.6. The summed E-state index contributed by atoms with van der Waals surface area (Å²) in [7, 11) is 0. The second-order valence-electron chi connectivity index (χ2n) is 6.71. The van der Waals surface area contributed by atoms with Crippen LogP contribution in [0.4, 0.5) is 0 Å². The fourth-order valence-electron chi connectivity index (χ4n) is 3.95. The highest BCUT2D eigenvalue weighted by atomic mass is 35.5. The van der Waals surface area contributed by atoms with Crippen molar-refractivity contribution in [2.45, 2.75) is 0 Å². The van der Waals surface area contributed by atoms with Crippen LogP contribution in [0.15, 0.2) is 78.9 Å². The molecule has 128 valence electrons. The molecule has 0 aliphatic carbocycles. The maximum Gasteiger partial charge on any atom is 0.0448 e. The summed E-state index contributed by atoms with van der Waals surface area (Å²) in [6.07, 6.45) is 0. The van der Waals surface area contributed by atoms with E-state index in [1.807, 2.05) is 34.8 Å². The van der Waals surface area contributed by atoms with Crippen molar-refractivity contribution in [2.24, 2.45) is 0 Å². The van der Waals surface area contributed by atoms with Gasteiger partial charge >= 0.3 is 0 Å². The smallest absolute Gasteiger partial charge is 0.0448 e. The number of fused-ring (bicyclic) bond motifs is 7. The molecule has 0 atom stereocenters. The van der Waals surface area contributed by atoms with Crippen molar-refractivity contribution in [3.8, 4) is 11.1 Å². The van der Waals surface area contributed by atoms with Crippen LogP contribution in [0.25, 0.3) is 51.5 Å². The lowest BCUT2D eigenvalue weighted by molar-refractivity contribution is 1.67. The normalized spacial score (nSPS) is 11.9. The van der Waals surface area contributed by atoms with E-state index in [1.54, 1.807) is 0 Å². The molecule has 6 rings (SSSR count). The molecular weight excluding hydrogens is 388 g/mol. The molecule has 4 aromatic carbocycles. The number of thiophene rings is 2. The van der Waals surface area contributed by atoms with E-state index in [1.165, 1.54) is 51.5 Å². The van der Waals surface area contributed by atoms with E-state index in [0.717, 1.165) is 5.02 Å². The molecule has 0 amide bonds. The summed E-state index contributed by atoms with van der Waals surface area (Å²) in [6, 6.07) is 28.0. The Balaban J connectivity index is 1.78. The predicted molar refractivity (Wildman–Crippen MR) is 123 cm³/mol. The maximum atomic E-state index is 6.26. The van der Waals surface area contributed by atoms with Gasteiger partial charge in [-0.2, -0.15) is 0 Å². The van der Waals surface area contributed by atoms with E-state index in [9.17, 15) is 0 Å². The van der Waals surface area contributed by atoms with Gasteiger partial charge in [-0.3, -0.25) is 0 Å². The summed E-state index contributed by atoms with van der Waals surface area (Å²) >= 11 is 10.0. The average molecular weight is 401 g/mol. The molecular formula is C24H13ClS2. The summed E-state index contributed by atoms with van der Waals surface area (Å²) in [5.41, 5.74) is 2.43. The van der Waals surface area contributed by atoms with Crippen molar-refractivity contribution in [3.05, 3.63) is 83.9 Å². The Labute approximate surface area is 169 Å². The fourth-order valence-corrected chi connectivity index (χ4v) is 6.71. The molecule has 0 aliphatic heterocycles. The zero-order chi connectivity index (χ0) is 18.0. The van der Waals surface area contributed by atoms with Gasteiger partial charge in [0.15, 0.2) is 0 Å². The highest BCUT2D eigenvalue weighted by Gasteiger charge is 2.15. The minimum atomic E-state index is 0.775. The van der Waals surface area contributed by atoms with Crippen molar-refractivity contribution in [1.29, 1.82) is 0 Å². The molecule has 0 fully saturated rings. The highest BCUT2D eigenvalue weighted by Crippen LogP contribution is 2.46. The van der Waals surface area contributed by atoms with Crippen LogP contribution >= 0.6 is 34.3 Å². The number of benzene rings is 4. The Bertz CT molecular complexity index is 1490. The third kappa shape index (κ3) is 2.28. The second kappa shape index (κ2) is 5.80. The van der Waals surface area contributed by atoms with Crippen LogP contribution < -0.4 is 0 Å². The van der Waals surface area contributed by atoms with Crippen LogP contribution in [0, 0.1) is 0 Å². The minimum Gasteiger partial charge on any atom is -0.135 e. The number of halogens is 1. The van der Waals surface area contributed by atoms with Crippen LogP contribution in [0.5, 0.6) is 0 Å². The Hall–Kier alpha value is -2.39. The number of hydrogen-bond donors (Lipinski definition) is 0. The van der Waals surface area contributed by atoms with E-state index < -0.39 is 0 Å². The van der Waals surface area contributed by atoms with Gasteiger partial charge in [0.25, 0.3) is 0 Å². The average Bonchev–Trinajstić information content (AvgIpc) is 3.25. The molecule has 0 aliphatic rings. The van der Waals surface area contributed by atoms with Gasteiger partial charge in [0.05, 0.1) is 0 Å². The van der Waals surface area contributed by atoms with Gasteiger partial charge in [-0.1, -0.05) is 66.2 Å². The van der Waals surface area contributed by atoms with E-state index in [2.05, 4.69) is 66.7 Å². The van der Waals surface area contributed by atoms with Crippen molar-refractivity contribution in [3.63, 3.8) is 0 Å². The molecule has 0 bridgehead atoms. The van der Waals surface area contributed by atoms with Gasteiger partial charge in [-0.05, 0) is 35.4 Å². The molecule has 2 heterocycles. The third-order valence-electron chi connectivity index (χ3n) is 5.14. The molecule has 0 spiro atoms. The second-order valence-corrected chi connectivity index (χ2v) is 9.25. The quantitative estimate of drug-likeness (QED) is 0.259. The fraction of sp³-hybridized carbons (Fsp3) is 0. The summed E-state index contributed by atoms with van der Waals surface area (Å²) in [5, 5.41) is 6.20. The molecule has 0 N–H and O–H groups in total. The predicted octanol–water partition coefficient (Wildman–Crippen LogP) is 8.74. The minimum absolute atomic E-state index is 0.775. The summed E-state index contributed by atoms with van der Waals surface area (Å²) in [5.74, 6) is 0. The van der Waals surface area contributed by atoms with Gasteiger partial charge in [-0.25, -0.2) is 0 Å². The van der Waals surface area contributed by atoms with Crippen molar-refractivity contribution in [2.75, 3.05) is 0 Å². The van der Waals surface area contributed by atoms with Gasteiger partial charge < -0.3 is 0 Å². The highest BCUT2D eigenvalue weighted by molar-refractivity contribution is 7.30. The van der Waals surface area contributed by atoms with Crippen LogP contribution in [0.1, 0.15) is 0 Å². The third-order valence-corrected chi connectivity index (χ3v) is 7.78. The number of rotatable bonds is 1. The SMILES string of the molecule is Clc1cccc(-c2cccc3c2sc2c3ccc3sc4ccccc4c32)c1. The first-order valence-corrected chi connectivity index (χ1v) is 10.8. The maximum absolute atomic E-state index is 6.26. The van der Waals surface area contributed by atoms with Crippen molar-refractivity contribution in [1.82, 2.24) is 0 Å². The number of hydrogen-bond acceptors (Lipinski definition) is 2. The molecule has 0 radical (unpaired) electrons.